The van der Waals surface area contributed by atoms with Crippen molar-refractivity contribution >= 4 is 11.8 Å². The number of benzene rings is 1. The van der Waals surface area contributed by atoms with Crippen molar-refractivity contribution in [3.63, 3.8) is 0 Å². The van der Waals surface area contributed by atoms with Gasteiger partial charge in [0.25, 0.3) is 0 Å². The molecule has 3 N–H and O–H groups in total. The molecule has 2 atom stereocenters. The molecule has 2 aliphatic rings. The van der Waals surface area contributed by atoms with Gasteiger partial charge < -0.3 is 4.74 Å². The molecule has 1 aromatic carbocycles. The minimum Gasteiger partial charge on any atom is -0.493 e. The number of aryl methyl sites for hydroxylation is 1. The fourth-order valence-corrected chi connectivity index (χ4v) is 4.25. The minimum atomic E-state index is 0.230. The lowest BCUT2D eigenvalue weighted by Gasteiger charge is -2.28. The summed E-state index contributed by atoms with van der Waals surface area (Å²) < 4.78 is 5.89. The zero-order chi connectivity index (χ0) is 12.4. The Labute approximate surface area is 112 Å². The second-order valence-corrected chi connectivity index (χ2v) is 6.21. The molecule has 1 saturated heterocycles. The van der Waals surface area contributed by atoms with Crippen molar-refractivity contribution in [2.45, 2.75) is 25.3 Å². The summed E-state index contributed by atoms with van der Waals surface area (Å²) in [5.74, 6) is 9.95. The van der Waals surface area contributed by atoms with E-state index in [2.05, 4.69) is 23.6 Å². The Kier molecular flexibility index (Phi) is 3.77. The van der Waals surface area contributed by atoms with Crippen molar-refractivity contribution in [1.82, 2.24) is 5.43 Å². The molecule has 1 aromatic rings. The molecule has 3 nitrogen and oxygen atoms in total. The lowest BCUT2D eigenvalue weighted by molar-refractivity contribution is 0.276. The van der Waals surface area contributed by atoms with Gasteiger partial charge in [-0.2, -0.15) is 11.8 Å². The van der Waals surface area contributed by atoms with Crippen LogP contribution in [0.15, 0.2) is 18.2 Å². The molecule has 2 aliphatic heterocycles. The molecule has 98 valence electrons. The zero-order valence-electron chi connectivity index (χ0n) is 10.5. The molecule has 1 fully saturated rings. The molecule has 0 aliphatic carbocycles. The fourth-order valence-electron chi connectivity index (χ4n) is 2.95. The molecular weight excluding hydrogens is 244 g/mol. The topological polar surface area (TPSA) is 47.3 Å². The van der Waals surface area contributed by atoms with E-state index >= 15 is 0 Å². The second kappa shape index (κ2) is 5.51. The van der Waals surface area contributed by atoms with E-state index < -0.39 is 0 Å². The SMILES string of the molecule is NNC(c1cccc2c1OCCC2)C1CCSC1. The van der Waals surface area contributed by atoms with E-state index in [1.807, 2.05) is 11.8 Å². The van der Waals surface area contributed by atoms with Crippen LogP contribution in [0.1, 0.15) is 30.0 Å². The van der Waals surface area contributed by atoms with Gasteiger partial charge in [0.15, 0.2) is 0 Å². The highest BCUT2D eigenvalue weighted by atomic mass is 32.2. The van der Waals surface area contributed by atoms with E-state index in [9.17, 15) is 0 Å². The molecule has 0 spiro atoms. The summed E-state index contributed by atoms with van der Waals surface area (Å²) in [6.45, 7) is 0.834. The van der Waals surface area contributed by atoms with Gasteiger partial charge in [-0.3, -0.25) is 11.3 Å². The molecular formula is C14H20N2OS. The molecule has 2 unspecified atom stereocenters. The van der Waals surface area contributed by atoms with Crippen molar-refractivity contribution in [3.05, 3.63) is 29.3 Å². The van der Waals surface area contributed by atoms with Gasteiger partial charge in [-0.15, -0.1) is 0 Å². The van der Waals surface area contributed by atoms with Gasteiger partial charge >= 0.3 is 0 Å². The van der Waals surface area contributed by atoms with Crippen LogP contribution in [-0.4, -0.2) is 18.1 Å². The van der Waals surface area contributed by atoms with Gasteiger partial charge in [0, 0.05) is 5.56 Å². The maximum atomic E-state index is 5.89. The van der Waals surface area contributed by atoms with E-state index in [1.165, 1.54) is 29.1 Å². The number of nitrogens with two attached hydrogens (primary N) is 1. The van der Waals surface area contributed by atoms with Gasteiger partial charge in [-0.05, 0) is 42.2 Å². The molecule has 0 aromatic heterocycles. The van der Waals surface area contributed by atoms with Crippen LogP contribution in [0.4, 0.5) is 0 Å². The summed E-state index contributed by atoms with van der Waals surface area (Å²) in [5, 5.41) is 0. The van der Waals surface area contributed by atoms with Crippen LogP contribution in [-0.2, 0) is 6.42 Å². The number of fused-ring (bicyclic) bond motifs is 1. The monoisotopic (exact) mass is 264 g/mol. The Morgan fingerprint density at radius 3 is 3.17 bits per heavy atom. The summed E-state index contributed by atoms with van der Waals surface area (Å²) in [6.07, 6.45) is 3.49. The van der Waals surface area contributed by atoms with Gasteiger partial charge in [-0.25, -0.2) is 0 Å². The smallest absolute Gasteiger partial charge is 0.127 e. The molecule has 18 heavy (non-hydrogen) atoms. The van der Waals surface area contributed by atoms with Gasteiger partial charge in [0.1, 0.15) is 5.75 Å². The number of thioether (sulfide) groups is 1. The van der Waals surface area contributed by atoms with Crippen molar-refractivity contribution in [2.24, 2.45) is 11.8 Å². The number of hydrogen-bond acceptors (Lipinski definition) is 4. The van der Waals surface area contributed by atoms with Gasteiger partial charge in [0.2, 0.25) is 0 Å². The maximum absolute atomic E-state index is 5.89. The Morgan fingerprint density at radius 2 is 2.39 bits per heavy atom. The largest absolute Gasteiger partial charge is 0.493 e. The highest BCUT2D eigenvalue weighted by Crippen LogP contribution is 2.39. The first-order valence-electron chi connectivity index (χ1n) is 6.68. The molecule has 0 amide bonds. The summed E-state index contributed by atoms with van der Waals surface area (Å²) >= 11 is 2.02. The van der Waals surface area contributed by atoms with Crippen LogP contribution in [0.25, 0.3) is 0 Å². The number of para-hydroxylation sites is 1. The summed E-state index contributed by atoms with van der Waals surface area (Å²) in [7, 11) is 0. The van der Waals surface area contributed by atoms with Crippen LogP contribution in [0, 0.1) is 5.92 Å². The number of hydrogen-bond donors (Lipinski definition) is 2. The van der Waals surface area contributed by atoms with Crippen LogP contribution < -0.4 is 16.0 Å². The number of nitrogens with one attached hydrogen (secondary N) is 1. The third-order valence-corrected chi connectivity index (χ3v) is 5.10. The average Bonchev–Trinajstić information content (AvgIpc) is 2.94. The lowest BCUT2D eigenvalue weighted by atomic mass is 9.90. The Morgan fingerprint density at radius 1 is 1.44 bits per heavy atom. The summed E-state index contributed by atoms with van der Waals surface area (Å²) in [5.41, 5.74) is 5.61. The Hall–Kier alpha value is -0.710. The highest BCUT2D eigenvalue weighted by Gasteiger charge is 2.29. The van der Waals surface area contributed by atoms with E-state index in [0.717, 1.165) is 25.2 Å². The normalized spacial score (nSPS) is 24.4. The van der Waals surface area contributed by atoms with E-state index in [-0.39, 0.29) is 6.04 Å². The van der Waals surface area contributed by atoms with Crippen molar-refractivity contribution in [1.29, 1.82) is 0 Å². The van der Waals surface area contributed by atoms with Gasteiger partial charge in [0.05, 0.1) is 12.6 Å². The first-order valence-corrected chi connectivity index (χ1v) is 7.84. The minimum absolute atomic E-state index is 0.230. The van der Waals surface area contributed by atoms with Crippen LogP contribution >= 0.6 is 11.8 Å². The first-order chi connectivity index (χ1) is 8.90. The Balaban J connectivity index is 1.93. The highest BCUT2D eigenvalue weighted by molar-refractivity contribution is 7.99. The number of rotatable bonds is 3. The van der Waals surface area contributed by atoms with E-state index in [4.69, 9.17) is 10.6 Å². The maximum Gasteiger partial charge on any atom is 0.127 e. The third-order valence-electron chi connectivity index (χ3n) is 3.91. The predicted molar refractivity (Wildman–Crippen MR) is 75.8 cm³/mol. The second-order valence-electron chi connectivity index (χ2n) is 5.06. The van der Waals surface area contributed by atoms with Crippen LogP contribution in [0.2, 0.25) is 0 Å². The van der Waals surface area contributed by atoms with Gasteiger partial charge in [-0.1, -0.05) is 18.2 Å². The third kappa shape index (κ3) is 2.25. The standard InChI is InChI=1S/C14H20N2OS/c15-16-13(11-6-8-18-9-11)12-5-1-3-10-4-2-7-17-14(10)12/h1,3,5,11,13,16H,2,4,6-9,15H2. The fraction of sp³-hybridized carbons (Fsp3) is 0.571. The van der Waals surface area contributed by atoms with E-state index in [1.54, 1.807) is 0 Å². The molecule has 0 bridgehead atoms. The first kappa shape index (κ1) is 12.3. The van der Waals surface area contributed by atoms with Crippen molar-refractivity contribution in [3.8, 4) is 5.75 Å². The zero-order valence-corrected chi connectivity index (χ0v) is 11.3. The summed E-state index contributed by atoms with van der Waals surface area (Å²) in [6, 6.07) is 6.70. The van der Waals surface area contributed by atoms with Crippen molar-refractivity contribution < 1.29 is 4.74 Å². The van der Waals surface area contributed by atoms with E-state index in [0.29, 0.717) is 5.92 Å². The molecule has 0 saturated carbocycles. The predicted octanol–water partition coefficient (Wildman–Crippen LogP) is 2.27. The summed E-state index contributed by atoms with van der Waals surface area (Å²) in [4.78, 5) is 0. The van der Waals surface area contributed by atoms with Crippen molar-refractivity contribution in [2.75, 3.05) is 18.1 Å². The lowest BCUT2D eigenvalue weighted by Crippen LogP contribution is -2.34. The average molecular weight is 264 g/mol. The van der Waals surface area contributed by atoms with Crippen LogP contribution in [0.3, 0.4) is 0 Å². The quantitative estimate of drug-likeness (QED) is 0.649. The van der Waals surface area contributed by atoms with Crippen LogP contribution in [0.5, 0.6) is 5.75 Å². The Bertz CT molecular complexity index is 418. The molecule has 4 heteroatoms. The number of hydrazine groups is 1. The molecule has 2 heterocycles. The number of ether oxygens (including phenoxy) is 1. The molecule has 0 radical (unpaired) electrons. The molecule has 3 rings (SSSR count).